The fourth-order valence-electron chi connectivity index (χ4n) is 3.83. The van der Waals surface area contributed by atoms with Gasteiger partial charge in [-0.1, -0.05) is 6.92 Å². The van der Waals surface area contributed by atoms with E-state index in [1.165, 1.54) is 0 Å². The van der Waals surface area contributed by atoms with Crippen LogP contribution in [0.5, 0.6) is 0 Å². The third-order valence-electron chi connectivity index (χ3n) is 5.71. The Hall–Kier alpha value is -3.23. The molecule has 4 rings (SSSR count). The highest BCUT2D eigenvalue weighted by Crippen LogP contribution is 2.26. The zero-order valence-electron chi connectivity index (χ0n) is 18.0. The average Bonchev–Trinajstić information content (AvgIpc) is 3.06. The van der Waals surface area contributed by atoms with Gasteiger partial charge in [0.15, 0.2) is 11.6 Å². The Morgan fingerprint density at radius 2 is 2.00 bits per heavy atom. The number of nitrogens with one attached hydrogen (secondary N) is 2. The molecule has 0 spiro atoms. The molecule has 1 aliphatic heterocycles. The molecular formula is C21H29N9. The molecule has 3 aromatic rings. The standard InChI is InChI=1S/C21H29N9/c1-5-16-13-30(20-7-6-14(2)26-27-20)11-9-17(16)23-18-8-10-22-21(24-18)25-19-12-15(3)29(4)28-19/h6-8,10,12,16-17H,5,9,11,13H2,1-4H3,(H2,22,23,24,25,28). The molecule has 3 aromatic heterocycles. The van der Waals surface area contributed by atoms with Crippen molar-refractivity contribution in [3.8, 4) is 0 Å². The SMILES string of the molecule is CCC1CN(c2ccc(C)nn2)CCC1Nc1ccnc(Nc2cc(C)n(C)n2)n1. The fourth-order valence-corrected chi connectivity index (χ4v) is 3.83. The van der Waals surface area contributed by atoms with Gasteiger partial charge in [0.2, 0.25) is 5.95 Å². The van der Waals surface area contributed by atoms with Crippen molar-refractivity contribution in [3.63, 3.8) is 0 Å². The summed E-state index contributed by atoms with van der Waals surface area (Å²) in [5.74, 6) is 3.56. The van der Waals surface area contributed by atoms with E-state index < -0.39 is 0 Å². The maximum Gasteiger partial charge on any atom is 0.230 e. The minimum Gasteiger partial charge on any atom is -0.367 e. The zero-order valence-corrected chi connectivity index (χ0v) is 18.0. The first-order chi connectivity index (χ1) is 14.5. The molecule has 0 saturated carbocycles. The molecule has 4 heterocycles. The van der Waals surface area contributed by atoms with Crippen molar-refractivity contribution in [1.82, 2.24) is 29.9 Å². The Kier molecular flexibility index (Phi) is 5.78. The first-order valence-electron chi connectivity index (χ1n) is 10.4. The monoisotopic (exact) mass is 407 g/mol. The molecule has 0 amide bonds. The second-order valence-corrected chi connectivity index (χ2v) is 7.87. The third kappa shape index (κ3) is 4.50. The summed E-state index contributed by atoms with van der Waals surface area (Å²) in [6, 6.07) is 8.32. The lowest BCUT2D eigenvalue weighted by Gasteiger charge is -2.39. The van der Waals surface area contributed by atoms with Crippen LogP contribution < -0.4 is 15.5 Å². The molecule has 1 fully saturated rings. The van der Waals surface area contributed by atoms with Gasteiger partial charge >= 0.3 is 0 Å². The van der Waals surface area contributed by atoms with E-state index in [1.807, 2.05) is 43.8 Å². The molecule has 9 heteroatoms. The summed E-state index contributed by atoms with van der Waals surface area (Å²) < 4.78 is 1.82. The van der Waals surface area contributed by atoms with E-state index >= 15 is 0 Å². The molecule has 1 saturated heterocycles. The number of nitrogens with zero attached hydrogens (tertiary/aromatic N) is 7. The smallest absolute Gasteiger partial charge is 0.230 e. The Morgan fingerprint density at radius 3 is 2.70 bits per heavy atom. The average molecular weight is 408 g/mol. The molecule has 0 radical (unpaired) electrons. The van der Waals surface area contributed by atoms with Crippen molar-refractivity contribution in [1.29, 1.82) is 0 Å². The summed E-state index contributed by atoms with van der Waals surface area (Å²) in [6.45, 7) is 8.10. The summed E-state index contributed by atoms with van der Waals surface area (Å²) in [6.07, 6.45) is 3.86. The van der Waals surface area contributed by atoms with Gasteiger partial charge in [-0.3, -0.25) is 4.68 Å². The van der Waals surface area contributed by atoms with E-state index in [0.29, 0.717) is 17.9 Å². The molecule has 0 aliphatic carbocycles. The van der Waals surface area contributed by atoms with Gasteiger partial charge in [0.25, 0.3) is 0 Å². The van der Waals surface area contributed by atoms with Gasteiger partial charge in [-0.15, -0.1) is 5.10 Å². The van der Waals surface area contributed by atoms with Gasteiger partial charge < -0.3 is 15.5 Å². The summed E-state index contributed by atoms with van der Waals surface area (Å²) in [4.78, 5) is 11.3. The highest BCUT2D eigenvalue weighted by Gasteiger charge is 2.29. The van der Waals surface area contributed by atoms with Crippen LogP contribution in [0.25, 0.3) is 0 Å². The minimum absolute atomic E-state index is 0.351. The van der Waals surface area contributed by atoms with Crippen LogP contribution in [0.15, 0.2) is 30.5 Å². The molecule has 0 aromatic carbocycles. The number of hydrogen-bond acceptors (Lipinski definition) is 8. The van der Waals surface area contributed by atoms with Gasteiger partial charge in [-0.25, -0.2) is 4.98 Å². The third-order valence-corrected chi connectivity index (χ3v) is 5.71. The van der Waals surface area contributed by atoms with Crippen LogP contribution >= 0.6 is 0 Å². The van der Waals surface area contributed by atoms with Crippen molar-refractivity contribution < 1.29 is 0 Å². The summed E-state index contributed by atoms with van der Waals surface area (Å²) in [5, 5.41) is 19.8. The molecule has 2 N–H and O–H groups in total. The van der Waals surface area contributed by atoms with Gasteiger partial charge in [-0.2, -0.15) is 15.2 Å². The number of anilines is 4. The molecule has 158 valence electrons. The zero-order chi connectivity index (χ0) is 21.1. The van der Waals surface area contributed by atoms with Gasteiger partial charge in [0, 0.05) is 44.1 Å². The quantitative estimate of drug-likeness (QED) is 0.643. The van der Waals surface area contributed by atoms with Crippen molar-refractivity contribution in [2.45, 2.75) is 39.7 Å². The van der Waals surface area contributed by atoms with Crippen LogP contribution in [0.2, 0.25) is 0 Å². The lowest BCUT2D eigenvalue weighted by molar-refractivity contribution is 0.365. The Labute approximate surface area is 177 Å². The number of rotatable bonds is 6. The second-order valence-electron chi connectivity index (χ2n) is 7.87. The predicted octanol–water partition coefficient (Wildman–Crippen LogP) is 3.08. The molecular weight excluding hydrogens is 378 g/mol. The highest BCUT2D eigenvalue weighted by atomic mass is 15.3. The number of aryl methyl sites for hydroxylation is 3. The number of piperidine rings is 1. The van der Waals surface area contributed by atoms with E-state index in [1.54, 1.807) is 6.20 Å². The summed E-state index contributed by atoms with van der Waals surface area (Å²) in [7, 11) is 1.92. The number of aromatic nitrogens is 6. The van der Waals surface area contributed by atoms with Crippen LogP contribution in [0.4, 0.5) is 23.4 Å². The van der Waals surface area contributed by atoms with Gasteiger partial charge in [0.1, 0.15) is 5.82 Å². The van der Waals surface area contributed by atoms with E-state index in [4.69, 9.17) is 0 Å². The first-order valence-corrected chi connectivity index (χ1v) is 10.4. The normalized spacial score (nSPS) is 19.0. The topological polar surface area (TPSA) is 96.7 Å². The van der Waals surface area contributed by atoms with Crippen molar-refractivity contribution >= 4 is 23.4 Å². The van der Waals surface area contributed by atoms with Crippen LogP contribution in [-0.2, 0) is 7.05 Å². The lowest BCUT2D eigenvalue weighted by Crippen LogP contribution is -2.46. The molecule has 9 nitrogen and oxygen atoms in total. The minimum atomic E-state index is 0.351. The van der Waals surface area contributed by atoms with Crippen LogP contribution in [0.3, 0.4) is 0 Å². The summed E-state index contributed by atoms with van der Waals surface area (Å²) in [5.41, 5.74) is 2.01. The van der Waals surface area contributed by atoms with E-state index in [0.717, 1.165) is 54.8 Å². The van der Waals surface area contributed by atoms with Crippen LogP contribution in [-0.4, -0.2) is 49.1 Å². The van der Waals surface area contributed by atoms with Crippen LogP contribution in [0.1, 0.15) is 31.2 Å². The van der Waals surface area contributed by atoms with Crippen molar-refractivity contribution in [3.05, 3.63) is 41.9 Å². The van der Waals surface area contributed by atoms with Crippen molar-refractivity contribution in [2.24, 2.45) is 13.0 Å². The maximum atomic E-state index is 4.64. The lowest BCUT2D eigenvalue weighted by atomic mass is 9.90. The fraction of sp³-hybridized carbons (Fsp3) is 0.476. The summed E-state index contributed by atoms with van der Waals surface area (Å²) >= 11 is 0. The van der Waals surface area contributed by atoms with Gasteiger partial charge in [-0.05, 0) is 50.8 Å². The van der Waals surface area contributed by atoms with E-state index in [-0.39, 0.29) is 0 Å². The maximum absolute atomic E-state index is 4.64. The van der Waals surface area contributed by atoms with Gasteiger partial charge in [0.05, 0.1) is 5.69 Å². The van der Waals surface area contributed by atoms with E-state index in [9.17, 15) is 0 Å². The highest BCUT2D eigenvalue weighted by molar-refractivity contribution is 5.51. The molecule has 2 unspecified atom stereocenters. The molecule has 1 aliphatic rings. The Balaban J connectivity index is 1.41. The first kappa shape index (κ1) is 20.1. The predicted molar refractivity (Wildman–Crippen MR) is 118 cm³/mol. The molecule has 2 atom stereocenters. The number of hydrogen-bond donors (Lipinski definition) is 2. The Bertz CT molecular complexity index is 963. The van der Waals surface area contributed by atoms with Crippen molar-refractivity contribution in [2.75, 3.05) is 28.6 Å². The Morgan fingerprint density at radius 1 is 1.13 bits per heavy atom. The largest absolute Gasteiger partial charge is 0.367 e. The van der Waals surface area contributed by atoms with E-state index in [2.05, 4.69) is 53.8 Å². The molecule has 30 heavy (non-hydrogen) atoms. The molecule has 0 bridgehead atoms. The van der Waals surface area contributed by atoms with Crippen LogP contribution in [0, 0.1) is 19.8 Å². The second kappa shape index (κ2) is 8.64.